The lowest BCUT2D eigenvalue weighted by Gasteiger charge is -2.25. The van der Waals surface area contributed by atoms with E-state index < -0.39 is 19.2 Å². The Morgan fingerprint density at radius 2 is 1.54 bits per heavy atom. The van der Waals surface area contributed by atoms with Crippen molar-refractivity contribution in [2.24, 2.45) is 0 Å². The fraction of sp³-hybridized carbons (Fsp3) is 0.429. The highest BCUT2D eigenvalue weighted by atomic mass is 31.2. The van der Waals surface area contributed by atoms with Gasteiger partial charge in [-0.25, -0.2) is 0 Å². The Balaban J connectivity index is 1.68. The second-order valence-electron chi connectivity index (χ2n) is 7.22. The van der Waals surface area contributed by atoms with Crippen LogP contribution in [-0.2, 0) is 36.3 Å². The Kier molecular flexibility index (Phi) is 7.05. The predicted octanol–water partition coefficient (Wildman–Crippen LogP) is 4.47. The molecule has 0 saturated carbocycles. The van der Waals surface area contributed by atoms with Crippen molar-refractivity contribution in [1.82, 2.24) is 0 Å². The Morgan fingerprint density at radius 1 is 1.04 bits per heavy atom. The summed E-state index contributed by atoms with van der Waals surface area (Å²) in [7, 11) is -3.82. The molecule has 3 rings (SSSR count). The van der Waals surface area contributed by atoms with Gasteiger partial charge in [0, 0.05) is 6.42 Å². The maximum Gasteiger partial charge on any atom is 0.359 e. The van der Waals surface area contributed by atoms with Gasteiger partial charge in [0.05, 0.1) is 25.9 Å². The number of aliphatic hydroxyl groups excluding tert-OH is 1. The average Bonchev–Trinajstić information content (AvgIpc) is 3.04. The van der Waals surface area contributed by atoms with E-state index in [-0.39, 0.29) is 25.7 Å². The summed E-state index contributed by atoms with van der Waals surface area (Å²) in [6, 6.07) is 18.7. The minimum absolute atomic E-state index is 0.0808. The van der Waals surface area contributed by atoms with Crippen LogP contribution in [0.1, 0.15) is 31.4 Å². The molecule has 2 aromatic carbocycles. The van der Waals surface area contributed by atoms with Crippen LogP contribution in [0, 0.1) is 0 Å². The maximum atomic E-state index is 13.4. The predicted molar refractivity (Wildman–Crippen MR) is 106 cm³/mol. The van der Waals surface area contributed by atoms with E-state index in [1.807, 2.05) is 60.7 Å². The largest absolute Gasteiger partial charge is 0.380 e. The second kappa shape index (κ2) is 9.31. The Labute approximate surface area is 165 Å². The molecule has 0 spiro atoms. The van der Waals surface area contributed by atoms with Gasteiger partial charge >= 0.3 is 7.60 Å². The number of benzene rings is 2. The number of aliphatic hydroxyl groups is 1. The summed E-state index contributed by atoms with van der Waals surface area (Å²) < 4.78 is 36.0. The molecule has 0 bridgehead atoms. The van der Waals surface area contributed by atoms with Gasteiger partial charge in [-0.2, -0.15) is 0 Å². The van der Waals surface area contributed by atoms with E-state index >= 15 is 0 Å². The van der Waals surface area contributed by atoms with Gasteiger partial charge in [0.2, 0.25) is 0 Å². The summed E-state index contributed by atoms with van der Waals surface area (Å²) in [6.07, 6.45) is -0.274. The zero-order chi connectivity index (χ0) is 20.0. The maximum absolute atomic E-state index is 13.4. The minimum Gasteiger partial charge on any atom is -0.380 e. The Bertz CT molecular complexity index is 732. The lowest BCUT2D eigenvalue weighted by Crippen LogP contribution is -2.25. The molecule has 28 heavy (non-hydrogen) atoms. The number of hydrogen-bond acceptors (Lipinski definition) is 6. The lowest BCUT2D eigenvalue weighted by molar-refractivity contribution is -0.140. The highest BCUT2D eigenvalue weighted by Crippen LogP contribution is 2.55. The Morgan fingerprint density at radius 3 is 1.96 bits per heavy atom. The highest BCUT2D eigenvalue weighted by molar-refractivity contribution is 7.54. The molecule has 0 radical (unpaired) electrons. The summed E-state index contributed by atoms with van der Waals surface area (Å²) in [5, 5.41) is 10.7. The first-order valence-corrected chi connectivity index (χ1v) is 10.9. The van der Waals surface area contributed by atoms with Crippen molar-refractivity contribution in [3.8, 4) is 0 Å². The molecule has 1 heterocycles. The average molecular weight is 406 g/mol. The van der Waals surface area contributed by atoms with Crippen molar-refractivity contribution in [1.29, 1.82) is 0 Å². The van der Waals surface area contributed by atoms with Gasteiger partial charge in [-0.15, -0.1) is 0 Å². The van der Waals surface area contributed by atoms with Gasteiger partial charge in [0.15, 0.2) is 11.6 Å². The van der Waals surface area contributed by atoms with Gasteiger partial charge in [-0.05, 0) is 25.0 Å². The van der Waals surface area contributed by atoms with Crippen LogP contribution >= 0.6 is 7.60 Å². The second-order valence-corrected chi connectivity index (χ2v) is 9.42. The van der Waals surface area contributed by atoms with Crippen molar-refractivity contribution in [2.45, 2.75) is 51.2 Å². The summed E-state index contributed by atoms with van der Waals surface area (Å²) in [6.45, 7) is 4.09. The molecule has 0 amide bonds. The lowest BCUT2D eigenvalue weighted by atomic mass is 10.2. The highest BCUT2D eigenvalue weighted by Gasteiger charge is 2.41. The smallest absolute Gasteiger partial charge is 0.359 e. The molecule has 0 aromatic heterocycles. The molecule has 2 atom stereocenters. The van der Waals surface area contributed by atoms with E-state index in [1.54, 1.807) is 13.8 Å². The summed E-state index contributed by atoms with van der Waals surface area (Å²) in [5.74, 6) is -2.04. The standard InChI is InChI=1S/C21H27O6P/c1-21(2)24-16-19(27-21)13-20(22)28(23,25-14-17-9-5-3-6-10-17)26-15-18-11-7-4-8-12-18/h3-12,19-20,22H,13-16H2,1-2H3/t19-,20+/m0/s1. The van der Waals surface area contributed by atoms with Crippen molar-refractivity contribution < 1.29 is 28.2 Å². The number of hydrogen-bond donors (Lipinski definition) is 1. The molecule has 6 nitrogen and oxygen atoms in total. The van der Waals surface area contributed by atoms with Crippen LogP contribution in [-0.4, -0.2) is 29.4 Å². The zero-order valence-corrected chi connectivity index (χ0v) is 17.1. The molecular formula is C21H27O6P. The van der Waals surface area contributed by atoms with E-state index in [9.17, 15) is 9.67 Å². The van der Waals surface area contributed by atoms with E-state index in [1.165, 1.54) is 0 Å². The first-order valence-electron chi connectivity index (χ1n) is 9.33. The zero-order valence-electron chi connectivity index (χ0n) is 16.2. The topological polar surface area (TPSA) is 74.2 Å². The molecule has 1 aliphatic heterocycles. The van der Waals surface area contributed by atoms with Crippen molar-refractivity contribution >= 4 is 7.60 Å². The van der Waals surface area contributed by atoms with E-state index in [2.05, 4.69) is 0 Å². The molecule has 152 valence electrons. The van der Waals surface area contributed by atoms with Crippen LogP contribution in [0.25, 0.3) is 0 Å². The van der Waals surface area contributed by atoms with Crippen molar-refractivity contribution in [2.75, 3.05) is 6.61 Å². The number of ether oxygens (including phenoxy) is 2. The normalized spacial score (nSPS) is 20.2. The summed E-state index contributed by atoms with van der Waals surface area (Å²) in [5.41, 5.74) is 1.69. The van der Waals surface area contributed by atoms with Gasteiger partial charge in [0.25, 0.3) is 0 Å². The molecule has 0 aliphatic carbocycles. The molecule has 2 aromatic rings. The quantitative estimate of drug-likeness (QED) is 0.619. The molecule has 1 aliphatic rings. The van der Waals surface area contributed by atoms with Gasteiger partial charge in [-0.3, -0.25) is 4.57 Å². The third-order valence-corrected chi connectivity index (χ3v) is 6.33. The third-order valence-electron chi connectivity index (χ3n) is 4.41. The SMILES string of the molecule is CC1(C)OC[C@H](C[C@H](O)P(=O)(OCc2ccccc2)OCc2ccccc2)O1. The van der Waals surface area contributed by atoms with E-state index in [0.29, 0.717) is 6.61 Å². The molecule has 0 unspecified atom stereocenters. The van der Waals surface area contributed by atoms with Crippen LogP contribution in [0.2, 0.25) is 0 Å². The van der Waals surface area contributed by atoms with E-state index in [4.69, 9.17) is 18.5 Å². The first-order chi connectivity index (χ1) is 13.4. The van der Waals surface area contributed by atoms with Crippen LogP contribution in [0.3, 0.4) is 0 Å². The van der Waals surface area contributed by atoms with Gasteiger partial charge in [-0.1, -0.05) is 60.7 Å². The first kappa shape index (κ1) is 21.2. The Hall–Kier alpha value is -1.53. The van der Waals surface area contributed by atoms with Gasteiger partial charge in [0.1, 0.15) is 0 Å². The van der Waals surface area contributed by atoms with Crippen LogP contribution in [0.4, 0.5) is 0 Å². The molecule has 1 fully saturated rings. The third kappa shape index (κ3) is 5.98. The van der Waals surface area contributed by atoms with Gasteiger partial charge < -0.3 is 23.6 Å². The fourth-order valence-electron chi connectivity index (χ4n) is 2.93. The van der Waals surface area contributed by atoms with Crippen LogP contribution in [0.5, 0.6) is 0 Å². The van der Waals surface area contributed by atoms with Crippen molar-refractivity contribution in [3.63, 3.8) is 0 Å². The number of rotatable bonds is 9. The fourth-order valence-corrected chi connectivity index (χ4v) is 4.50. The monoisotopic (exact) mass is 406 g/mol. The van der Waals surface area contributed by atoms with Crippen LogP contribution in [0.15, 0.2) is 60.7 Å². The summed E-state index contributed by atoms with van der Waals surface area (Å²) >= 11 is 0. The molecule has 7 heteroatoms. The van der Waals surface area contributed by atoms with E-state index in [0.717, 1.165) is 11.1 Å². The molecular weight excluding hydrogens is 379 g/mol. The van der Waals surface area contributed by atoms with Crippen molar-refractivity contribution in [3.05, 3.63) is 71.8 Å². The minimum atomic E-state index is -3.82. The summed E-state index contributed by atoms with van der Waals surface area (Å²) in [4.78, 5) is 0. The molecule has 1 N–H and O–H groups in total. The molecule has 1 saturated heterocycles. The van der Waals surface area contributed by atoms with Crippen LogP contribution < -0.4 is 0 Å².